The first-order valence-corrected chi connectivity index (χ1v) is 12.0. The Morgan fingerprint density at radius 2 is 1.57 bits per heavy atom. The Hall–Kier alpha value is -2.15. The zero-order valence-electron chi connectivity index (χ0n) is 19.2. The lowest BCUT2D eigenvalue weighted by molar-refractivity contribution is -0.633. The molecule has 156 valence electrons. The Labute approximate surface area is 182 Å². The van der Waals surface area contributed by atoms with Gasteiger partial charge in [-0.25, -0.2) is 0 Å². The van der Waals surface area contributed by atoms with E-state index in [4.69, 9.17) is 0 Å². The Morgan fingerprint density at radius 1 is 0.867 bits per heavy atom. The van der Waals surface area contributed by atoms with E-state index in [0.29, 0.717) is 11.3 Å². The summed E-state index contributed by atoms with van der Waals surface area (Å²) in [5, 5.41) is 1.46. The van der Waals surface area contributed by atoms with Gasteiger partial charge in [0.1, 0.15) is 7.05 Å². The van der Waals surface area contributed by atoms with Gasteiger partial charge in [0, 0.05) is 23.1 Å². The molecule has 2 aromatic carbocycles. The Kier molecular flexibility index (Phi) is 4.96. The second-order valence-electron chi connectivity index (χ2n) is 10.3. The van der Waals surface area contributed by atoms with Crippen molar-refractivity contribution in [2.24, 2.45) is 12.5 Å². The lowest BCUT2D eigenvalue weighted by Crippen LogP contribution is -2.33. The fourth-order valence-electron chi connectivity index (χ4n) is 6.53. The molecular formula is C29H36N+. The molecule has 2 saturated carbocycles. The van der Waals surface area contributed by atoms with Crippen LogP contribution in [-0.2, 0) is 7.05 Å². The monoisotopic (exact) mass is 398 g/mol. The van der Waals surface area contributed by atoms with Crippen molar-refractivity contribution in [2.75, 3.05) is 0 Å². The van der Waals surface area contributed by atoms with Crippen molar-refractivity contribution in [3.05, 3.63) is 64.7 Å². The van der Waals surface area contributed by atoms with E-state index >= 15 is 0 Å². The number of pyridine rings is 1. The molecule has 30 heavy (non-hydrogen) atoms. The van der Waals surface area contributed by atoms with Crippen LogP contribution in [0, 0.1) is 26.2 Å². The van der Waals surface area contributed by atoms with E-state index in [9.17, 15) is 0 Å². The molecule has 0 aliphatic heterocycles. The van der Waals surface area contributed by atoms with Crippen LogP contribution in [0.15, 0.2) is 42.5 Å². The van der Waals surface area contributed by atoms with Crippen molar-refractivity contribution in [1.29, 1.82) is 0 Å². The van der Waals surface area contributed by atoms with E-state index < -0.39 is 0 Å². The molecular weight excluding hydrogens is 362 g/mol. The second kappa shape index (κ2) is 7.52. The van der Waals surface area contributed by atoms with Crippen LogP contribution in [-0.4, -0.2) is 0 Å². The molecule has 0 radical (unpaired) electrons. The van der Waals surface area contributed by atoms with Crippen molar-refractivity contribution in [3.63, 3.8) is 0 Å². The van der Waals surface area contributed by atoms with Gasteiger partial charge in [0.05, 0.1) is 0 Å². The molecule has 2 fully saturated rings. The van der Waals surface area contributed by atoms with Crippen LogP contribution in [0.2, 0.25) is 0 Å². The quantitative estimate of drug-likeness (QED) is 0.394. The second-order valence-corrected chi connectivity index (χ2v) is 10.3. The number of hydrogen-bond donors (Lipinski definition) is 0. The molecule has 1 heteroatoms. The normalized spacial score (nSPS) is 19.1. The number of fused-ring (bicyclic) bond motifs is 1. The summed E-state index contributed by atoms with van der Waals surface area (Å²) in [6.45, 7) is 6.75. The highest BCUT2D eigenvalue weighted by Gasteiger charge is 2.38. The lowest BCUT2D eigenvalue weighted by Gasteiger charge is -2.37. The van der Waals surface area contributed by atoms with Gasteiger partial charge in [0.2, 0.25) is 11.2 Å². The van der Waals surface area contributed by atoms with Gasteiger partial charge in [-0.15, -0.1) is 0 Å². The van der Waals surface area contributed by atoms with Gasteiger partial charge in [0.25, 0.3) is 0 Å². The number of benzene rings is 2. The van der Waals surface area contributed by atoms with Gasteiger partial charge >= 0.3 is 0 Å². The largest absolute Gasteiger partial charge is 0.213 e. The lowest BCUT2D eigenvalue weighted by atomic mass is 9.67. The molecule has 1 heterocycles. The first-order valence-electron chi connectivity index (χ1n) is 12.0. The van der Waals surface area contributed by atoms with E-state index in [1.807, 2.05) is 0 Å². The Morgan fingerprint density at radius 3 is 2.30 bits per heavy atom. The maximum atomic E-state index is 2.54. The Bertz CT molecular complexity index is 1090. The van der Waals surface area contributed by atoms with Crippen LogP contribution in [0.4, 0.5) is 0 Å². The van der Waals surface area contributed by atoms with E-state index in [2.05, 4.69) is 74.9 Å². The van der Waals surface area contributed by atoms with Crippen LogP contribution in [0.1, 0.15) is 79.5 Å². The summed E-state index contributed by atoms with van der Waals surface area (Å²) >= 11 is 0. The average Bonchev–Trinajstić information content (AvgIpc) is 3.20. The highest BCUT2D eigenvalue weighted by atomic mass is 14.9. The van der Waals surface area contributed by atoms with E-state index in [1.165, 1.54) is 90.2 Å². The molecule has 2 aliphatic rings. The molecule has 1 spiro atoms. The predicted octanol–water partition coefficient (Wildman–Crippen LogP) is 7.47. The number of aryl methyl sites for hydroxylation is 3. The number of aromatic nitrogens is 1. The number of nitrogens with zero attached hydrogens (tertiary/aromatic N) is 1. The topological polar surface area (TPSA) is 3.88 Å². The molecule has 3 aromatic rings. The highest BCUT2D eigenvalue weighted by molar-refractivity contribution is 5.82. The molecule has 0 N–H and O–H groups in total. The zero-order valence-corrected chi connectivity index (χ0v) is 19.2. The van der Waals surface area contributed by atoms with E-state index in [1.54, 1.807) is 5.56 Å². The van der Waals surface area contributed by atoms with Gasteiger partial charge in [-0.3, -0.25) is 0 Å². The molecule has 0 bridgehead atoms. The molecule has 5 rings (SSSR count). The van der Waals surface area contributed by atoms with Crippen molar-refractivity contribution in [2.45, 2.75) is 78.1 Å². The third kappa shape index (κ3) is 3.27. The van der Waals surface area contributed by atoms with Gasteiger partial charge in [-0.1, -0.05) is 36.6 Å². The van der Waals surface area contributed by atoms with Crippen LogP contribution in [0.25, 0.3) is 22.2 Å². The number of rotatable bonds is 2. The number of para-hydroxylation sites is 1. The highest BCUT2D eigenvalue weighted by Crippen LogP contribution is 2.52. The molecule has 2 aliphatic carbocycles. The van der Waals surface area contributed by atoms with Gasteiger partial charge in [-0.2, -0.15) is 4.57 Å². The van der Waals surface area contributed by atoms with Gasteiger partial charge in [0.15, 0.2) is 0 Å². The average molecular weight is 399 g/mol. The minimum Gasteiger partial charge on any atom is -0.194 e. The summed E-state index contributed by atoms with van der Waals surface area (Å²) < 4.78 is 2.42. The van der Waals surface area contributed by atoms with Gasteiger partial charge in [-0.05, 0) is 99.5 Å². The van der Waals surface area contributed by atoms with E-state index in [0.717, 1.165) is 0 Å². The van der Waals surface area contributed by atoms with Crippen molar-refractivity contribution < 1.29 is 4.57 Å². The first-order chi connectivity index (χ1) is 14.5. The summed E-state index contributed by atoms with van der Waals surface area (Å²) in [6, 6.07) is 16.3. The molecule has 0 amide bonds. The van der Waals surface area contributed by atoms with E-state index in [-0.39, 0.29) is 0 Å². The maximum Gasteiger partial charge on any atom is 0.213 e. The van der Waals surface area contributed by atoms with Crippen molar-refractivity contribution >= 4 is 10.9 Å². The van der Waals surface area contributed by atoms with Crippen LogP contribution in [0.5, 0.6) is 0 Å². The minimum atomic E-state index is 0.693. The fourth-order valence-corrected chi connectivity index (χ4v) is 6.53. The third-order valence-electron chi connectivity index (χ3n) is 8.47. The smallest absolute Gasteiger partial charge is 0.194 e. The van der Waals surface area contributed by atoms with Crippen LogP contribution < -0.4 is 4.57 Å². The molecule has 1 nitrogen and oxygen atoms in total. The first kappa shape index (κ1) is 19.8. The molecule has 0 saturated heterocycles. The summed E-state index contributed by atoms with van der Waals surface area (Å²) in [5.74, 6) is 0.701. The van der Waals surface area contributed by atoms with Crippen molar-refractivity contribution in [1.82, 2.24) is 0 Å². The maximum absolute atomic E-state index is 2.54. The molecule has 0 atom stereocenters. The Balaban J connectivity index is 1.63. The van der Waals surface area contributed by atoms with Crippen LogP contribution >= 0.6 is 0 Å². The standard InChI is InChI=1S/C29H36N/c1-20-17-21(2)22(3)25(18-20)28-19-26(24-9-5-6-10-27(24)30(28)4)23-11-15-29(16-12-23)13-7-8-14-29/h5-6,9-10,17-19,23H,7-8,11-16H2,1-4H3/q+1. The van der Waals surface area contributed by atoms with Crippen LogP contribution in [0.3, 0.4) is 0 Å². The SMILES string of the molecule is Cc1cc(C)c(C)c(-c2cc(C3CCC4(CCCC4)CC3)c3ccccc3[n+]2C)c1. The fraction of sp³-hybridized carbons (Fsp3) is 0.483. The predicted molar refractivity (Wildman–Crippen MR) is 127 cm³/mol. The van der Waals surface area contributed by atoms with Gasteiger partial charge < -0.3 is 0 Å². The summed E-state index contributed by atoms with van der Waals surface area (Å²) in [5.41, 5.74) is 10.6. The summed E-state index contributed by atoms with van der Waals surface area (Å²) in [6.07, 6.45) is 11.5. The summed E-state index contributed by atoms with van der Waals surface area (Å²) in [4.78, 5) is 0. The number of hydrogen-bond acceptors (Lipinski definition) is 0. The van der Waals surface area contributed by atoms with Crippen molar-refractivity contribution in [3.8, 4) is 11.3 Å². The minimum absolute atomic E-state index is 0.693. The molecule has 0 unspecified atom stereocenters. The third-order valence-corrected chi connectivity index (χ3v) is 8.47. The zero-order chi connectivity index (χ0) is 20.9. The molecule has 1 aromatic heterocycles. The summed E-state index contributed by atoms with van der Waals surface area (Å²) in [7, 11) is 2.24.